The standard InChI is InChI=1S/C31H51FO/c1-4-6-8-10-11-24(3)33-31-22-21-29(23-30(31)32)28-19-17-27(18-20-28)26-15-13-25(14-16-26)12-9-7-5-2/h21-28H,4-20H2,1-3H3. The first-order chi connectivity index (χ1) is 16.1. The molecule has 0 spiro atoms. The van der Waals surface area contributed by atoms with Gasteiger partial charge in [0.15, 0.2) is 11.6 Å². The minimum Gasteiger partial charge on any atom is -0.488 e. The van der Waals surface area contributed by atoms with Gasteiger partial charge in [-0.2, -0.15) is 0 Å². The molecule has 2 saturated carbocycles. The number of unbranched alkanes of at least 4 members (excludes halogenated alkanes) is 5. The summed E-state index contributed by atoms with van der Waals surface area (Å²) >= 11 is 0. The quantitative estimate of drug-likeness (QED) is 0.267. The van der Waals surface area contributed by atoms with Crippen molar-refractivity contribution in [1.29, 1.82) is 0 Å². The minimum absolute atomic E-state index is 0.0828. The van der Waals surface area contributed by atoms with Gasteiger partial charge in [-0.25, -0.2) is 4.39 Å². The van der Waals surface area contributed by atoms with Crippen molar-refractivity contribution in [3.05, 3.63) is 29.6 Å². The van der Waals surface area contributed by atoms with Gasteiger partial charge in [-0.3, -0.25) is 0 Å². The zero-order chi connectivity index (χ0) is 23.5. The molecule has 0 radical (unpaired) electrons. The number of halogens is 1. The summed E-state index contributed by atoms with van der Waals surface area (Å²) in [6.45, 7) is 6.60. The highest BCUT2D eigenvalue weighted by Gasteiger charge is 2.31. The SMILES string of the molecule is CCCCCCC(C)Oc1ccc(C2CCC(C3CCC(CCCCC)CC3)CC2)cc1F. The van der Waals surface area contributed by atoms with E-state index in [9.17, 15) is 4.39 Å². The lowest BCUT2D eigenvalue weighted by molar-refractivity contribution is 0.155. The fraction of sp³-hybridized carbons (Fsp3) is 0.806. The van der Waals surface area contributed by atoms with Crippen LogP contribution in [0.5, 0.6) is 5.75 Å². The molecule has 2 heteroatoms. The van der Waals surface area contributed by atoms with Gasteiger partial charge in [0, 0.05) is 0 Å². The van der Waals surface area contributed by atoms with Crippen LogP contribution in [0.1, 0.15) is 141 Å². The number of ether oxygens (including phenoxy) is 1. The largest absolute Gasteiger partial charge is 0.488 e. The summed E-state index contributed by atoms with van der Waals surface area (Å²) in [5.41, 5.74) is 1.19. The molecule has 1 unspecified atom stereocenters. The van der Waals surface area contributed by atoms with Gasteiger partial charge >= 0.3 is 0 Å². The van der Waals surface area contributed by atoms with Crippen LogP contribution in [0.3, 0.4) is 0 Å². The first-order valence-electron chi connectivity index (χ1n) is 14.6. The molecule has 2 aliphatic carbocycles. The first kappa shape index (κ1) is 26.6. The first-order valence-corrected chi connectivity index (χ1v) is 14.6. The van der Waals surface area contributed by atoms with Crippen LogP contribution in [0.4, 0.5) is 4.39 Å². The number of benzene rings is 1. The van der Waals surface area contributed by atoms with Crippen LogP contribution in [0, 0.1) is 23.6 Å². The Morgan fingerprint density at radius 3 is 2.09 bits per heavy atom. The van der Waals surface area contributed by atoms with Crippen LogP contribution in [-0.2, 0) is 0 Å². The molecule has 3 rings (SSSR count). The van der Waals surface area contributed by atoms with E-state index in [1.54, 1.807) is 6.07 Å². The van der Waals surface area contributed by atoms with Crippen molar-refractivity contribution in [2.75, 3.05) is 0 Å². The predicted molar refractivity (Wildman–Crippen MR) is 140 cm³/mol. The zero-order valence-electron chi connectivity index (χ0n) is 21.9. The maximum atomic E-state index is 14.8. The van der Waals surface area contributed by atoms with Crippen LogP contribution < -0.4 is 4.74 Å². The third kappa shape index (κ3) is 8.59. The van der Waals surface area contributed by atoms with Crippen LogP contribution >= 0.6 is 0 Å². The molecule has 0 N–H and O–H groups in total. The van der Waals surface area contributed by atoms with Gasteiger partial charge in [-0.05, 0) is 99.7 Å². The van der Waals surface area contributed by atoms with Gasteiger partial charge in [-0.1, -0.05) is 77.7 Å². The lowest BCUT2D eigenvalue weighted by Crippen LogP contribution is -2.25. The Hall–Kier alpha value is -1.05. The molecule has 1 atom stereocenters. The highest BCUT2D eigenvalue weighted by atomic mass is 19.1. The molecule has 1 aromatic carbocycles. The van der Waals surface area contributed by atoms with Gasteiger partial charge in [0.1, 0.15) is 0 Å². The summed E-state index contributed by atoms with van der Waals surface area (Å²) in [5.74, 6) is 3.68. The molecule has 0 bridgehead atoms. The zero-order valence-corrected chi connectivity index (χ0v) is 21.9. The molecular formula is C31H51FO. The monoisotopic (exact) mass is 458 g/mol. The fourth-order valence-electron chi connectivity index (χ4n) is 6.56. The van der Waals surface area contributed by atoms with E-state index in [0.717, 1.165) is 24.2 Å². The summed E-state index contributed by atoms with van der Waals surface area (Å²) in [4.78, 5) is 0. The van der Waals surface area contributed by atoms with E-state index in [4.69, 9.17) is 4.74 Å². The van der Waals surface area contributed by atoms with Gasteiger partial charge < -0.3 is 4.74 Å². The average Bonchev–Trinajstić information content (AvgIpc) is 2.84. The molecule has 188 valence electrons. The Bertz CT molecular complexity index is 655. The van der Waals surface area contributed by atoms with Crippen molar-refractivity contribution in [1.82, 2.24) is 0 Å². The molecular weight excluding hydrogens is 407 g/mol. The van der Waals surface area contributed by atoms with Crippen LogP contribution in [0.25, 0.3) is 0 Å². The Morgan fingerprint density at radius 1 is 0.818 bits per heavy atom. The Morgan fingerprint density at radius 2 is 1.45 bits per heavy atom. The third-order valence-corrected chi connectivity index (χ3v) is 8.77. The number of hydrogen-bond acceptors (Lipinski definition) is 1. The molecule has 1 nitrogen and oxygen atoms in total. The minimum atomic E-state index is -0.170. The summed E-state index contributed by atoms with van der Waals surface area (Å²) < 4.78 is 20.7. The van der Waals surface area contributed by atoms with Crippen molar-refractivity contribution in [2.45, 2.75) is 142 Å². The topological polar surface area (TPSA) is 9.23 Å². The maximum absolute atomic E-state index is 14.8. The van der Waals surface area contributed by atoms with Crippen molar-refractivity contribution in [3.8, 4) is 5.75 Å². The van der Waals surface area contributed by atoms with Gasteiger partial charge in [-0.15, -0.1) is 0 Å². The molecule has 0 amide bonds. The van der Waals surface area contributed by atoms with Gasteiger partial charge in [0.2, 0.25) is 0 Å². The van der Waals surface area contributed by atoms with Crippen molar-refractivity contribution >= 4 is 0 Å². The van der Waals surface area contributed by atoms with E-state index >= 15 is 0 Å². The number of rotatable bonds is 13. The Kier molecular flexibility index (Phi) is 11.6. The average molecular weight is 459 g/mol. The second-order valence-electron chi connectivity index (χ2n) is 11.4. The molecule has 1 aromatic rings. The molecule has 33 heavy (non-hydrogen) atoms. The summed E-state index contributed by atoms with van der Waals surface area (Å²) in [7, 11) is 0. The van der Waals surface area contributed by atoms with E-state index in [1.165, 1.54) is 108 Å². The van der Waals surface area contributed by atoms with Crippen LogP contribution in [0.15, 0.2) is 18.2 Å². The summed E-state index contributed by atoms with van der Waals surface area (Å²) in [6, 6.07) is 5.79. The van der Waals surface area contributed by atoms with Crippen molar-refractivity contribution < 1.29 is 9.13 Å². The molecule has 0 saturated heterocycles. The van der Waals surface area contributed by atoms with Gasteiger partial charge in [0.25, 0.3) is 0 Å². The predicted octanol–water partition coefficient (Wildman–Crippen LogP) is 10.2. The summed E-state index contributed by atoms with van der Waals surface area (Å²) in [5, 5.41) is 0. The molecule has 2 fully saturated rings. The van der Waals surface area contributed by atoms with E-state index in [-0.39, 0.29) is 11.9 Å². The fourth-order valence-corrected chi connectivity index (χ4v) is 6.56. The highest BCUT2D eigenvalue weighted by Crippen LogP contribution is 2.45. The van der Waals surface area contributed by atoms with E-state index < -0.39 is 0 Å². The van der Waals surface area contributed by atoms with E-state index in [2.05, 4.69) is 26.8 Å². The molecule has 2 aliphatic rings. The Balaban J connectivity index is 1.40. The second kappa shape index (κ2) is 14.4. The van der Waals surface area contributed by atoms with Crippen LogP contribution in [-0.4, -0.2) is 6.10 Å². The van der Waals surface area contributed by atoms with Crippen molar-refractivity contribution in [2.24, 2.45) is 17.8 Å². The van der Waals surface area contributed by atoms with Crippen molar-refractivity contribution in [3.63, 3.8) is 0 Å². The Labute approximate surface area is 204 Å². The van der Waals surface area contributed by atoms with E-state index in [0.29, 0.717) is 11.7 Å². The molecule has 0 aliphatic heterocycles. The normalized spacial score (nSPS) is 26.8. The molecule has 0 aromatic heterocycles. The maximum Gasteiger partial charge on any atom is 0.165 e. The lowest BCUT2D eigenvalue weighted by Gasteiger charge is -2.38. The lowest BCUT2D eigenvalue weighted by atomic mass is 9.68. The highest BCUT2D eigenvalue weighted by molar-refractivity contribution is 5.31. The van der Waals surface area contributed by atoms with Gasteiger partial charge in [0.05, 0.1) is 6.10 Å². The van der Waals surface area contributed by atoms with Crippen LogP contribution in [0.2, 0.25) is 0 Å². The smallest absolute Gasteiger partial charge is 0.165 e. The number of hydrogen-bond donors (Lipinski definition) is 0. The molecule has 0 heterocycles. The second-order valence-corrected chi connectivity index (χ2v) is 11.4. The summed E-state index contributed by atoms with van der Waals surface area (Å²) in [6.07, 6.45) is 22.7. The van der Waals surface area contributed by atoms with E-state index in [1.807, 2.05) is 6.07 Å². The third-order valence-electron chi connectivity index (χ3n) is 8.77.